The van der Waals surface area contributed by atoms with Gasteiger partial charge in [-0.05, 0) is 33.6 Å². The fourth-order valence-electron chi connectivity index (χ4n) is 1.97. The lowest BCUT2D eigenvalue weighted by atomic mass is 10.2. The van der Waals surface area contributed by atoms with Gasteiger partial charge in [0.2, 0.25) is 0 Å². The highest BCUT2D eigenvalue weighted by Gasteiger charge is 2.18. The van der Waals surface area contributed by atoms with E-state index in [4.69, 9.17) is 4.74 Å². The fraction of sp³-hybridized carbons (Fsp3) is 0.250. The molecule has 0 aliphatic carbocycles. The number of halogens is 1. The molecule has 0 saturated heterocycles. The molecule has 1 aromatic carbocycles. The molecule has 110 valence electrons. The van der Waals surface area contributed by atoms with Gasteiger partial charge in [-0.25, -0.2) is 4.98 Å². The number of carbonyl (C=O) groups excluding carboxylic acids is 1. The molecule has 2 rings (SSSR count). The van der Waals surface area contributed by atoms with Crippen molar-refractivity contribution in [2.75, 3.05) is 20.3 Å². The van der Waals surface area contributed by atoms with Gasteiger partial charge in [0.1, 0.15) is 4.60 Å². The lowest BCUT2D eigenvalue weighted by Crippen LogP contribution is -2.33. The van der Waals surface area contributed by atoms with Crippen molar-refractivity contribution in [1.82, 2.24) is 9.88 Å². The molecule has 0 radical (unpaired) electrons. The predicted molar refractivity (Wildman–Crippen MR) is 85.0 cm³/mol. The molecular formula is C16H17BrN2O2. The van der Waals surface area contributed by atoms with Gasteiger partial charge in [-0.3, -0.25) is 4.79 Å². The normalized spacial score (nSPS) is 10.4. The largest absolute Gasteiger partial charge is 0.383 e. The number of ether oxygens (including phenoxy) is 1. The van der Waals surface area contributed by atoms with Crippen LogP contribution in [-0.4, -0.2) is 36.1 Å². The van der Waals surface area contributed by atoms with Crippen LogP contribution in [0.3, 0.4) is 0 Å². The van der Waals surface area contributed by atoms with Crippen molar-refractivity contribution in [2.24, 2.45) is 0 Å². The van der Waals surface area contributed by atoms with Gasteiger partial charge in [0, 0.05) is 26.4 Å². The second-order valence-corrected chi connectivity index (χ2v) is 5.30. The van der Waals surface area contributed by atoms with Gasteiger partial charge in [-0.15, -0.1) is 0 Å². The zero-order valence-electron chi connectivity index (χ0n) is 11.8. The maximum absolute atomic E-state index is 12.7. The van der Waals surface area contributed by atoms with Gasteiger partial charge in [-0.1, -0.05) is 30.3 Å². The molecule has 1 aromatic heterocycles. The van der Waals surface area contributed by atoms with Gasteiger partial charge < -0.3 is 9.64 Å². The molecule has 0 aliphatic heterocycles. The smallest absolute Gasteiger partial charge is 0.256 e. The Morgan fingerprint density at radius 1 is 1.24 bits per heavy atom. The van der Waals surface area contributed by atoms with Gasteiger partial charge in [0.05, 0.1) is 12.2 Å². The highest BCUT2D eigenvalue weighted by molar-refractivity contribution is 9.10. The molecule has 0 atom stereocenters. The number of benzene rings is 1. The highest BCUT2D eigenvalue weighted by Crippen LogP contribution is 2.16. The van der Waals surface area contributed by atoms with E-state index in [9.17, 15) is 4.79 Å². The van der Waals surface area contributed by atoms with Crippen molar-refractivity contribution in [3.63, 3.8) is 0 Å². The minimum absolute atomic E-state index is 0.0594. The zero-order valence-corrected chi connectivity index (χ0v) is 13.4. The molecule has 2 aromatic rings. The number of rotatable bonds is 6. The molecule has 1 amide bonds. The molecule has 0 saturated carbocycles. The van der Waals surface area contributed by atoms with E-state index in [2.05, 4.69) is 20.9 Å². The topological polar surface area (TPSA) is 42.4 Å². The standard InChI is InChI=1S/C16H17BrN2O2/c1-21-11-10-19(12-13-6-3-2-4-7-13)16(20)14-8-5-9-18-15(14)17/h2-9H,10-12H2,1H3. The zero-order chi connectivity index (χ0) is 15.1. The van der Waals surface area contributed by atoms with Gasteiger partial charge in [-0.2, -0.15) is 0 Å². The number of hydrogen-bond acceptors (Lipinski definition) is 3. The Bertz CT molecular complexity index is 590. The Hall–Kier alpha value is -1.72. The Morgan fingerprint density at radius 3 is 2.67 bits per heavy atom. The maximum atomic E-state index is 12.7. The number of aromatic nitrogens is 1. The van der Waals surface area contributed by atoms with E-state index >= 15 is 0 Å². The van der Waals surface area contributed by atoms with Crippen molar-refractivity contribution in [1.29, 1.82) is 0 Å². The summed E-state index contributed by atoms with van der Waals surface area (Å²) in [5, 5.41) is 0. The first-order valence-electron chi connectivity index (χ1n) is 6.65. The van der Waals surface area contributed by atoms with Crippen LogP contribution in [0.5, 0.6) is 0 Å². The van der Waals surface area contributed by atoms with E-state index < -0.39 is 0 Å². The van der Waals surface area contributed by atoms with Crippen LogP contribution < -0.4 is 0 Å². The van der Waals surface area contributed by atoms with E-state index in [1.54, 1.807) is 30.3 Å². The SMILES string of the molecule is COCCN(Cc1ccccc1)C(=O)c1cccnc1Br. The van der Waals surface area contributed by atoms with Crippen LogP contribution in [0.1, 0.15) is 15.9 Å². The minimum Gasteiger partial charge on any atom is -0.383 e. The second kappa shape index (κ2) is 7.90. The van der Waals surface area contributed by atoms with Crippen molar-refractivity contribution >= 4 is 21.8 Å². The van der Waals surface area contributed by atoms with Gasteiger partial charge in [0.15, 0.2) is 0 Å². The fourth-order valence-corrected chi connectivity index (χ4v) is 2.39. The summed E-state index contributed by atoms with van der Waals surface area (Å²) >= 11 is 3.33. The van der Waals surface area contributed by atoms with E-state index in [0.717, 1.165) is 5.56 Å². The second-order valence-electron chi connectivity index (χ2n) is 4.55. The molecule has 1 heterocycles. The molecule has 0 N–H and O–H groups in total. The van der Waals surface area contributed by atoms with Crippen LogP contribution in [0.15, 0.2) is 53.3 Å². The lowest BCUT2D eigenvalue weighted by molar-refractivity contribution is 0.0679. The Labute approximate surface area is 132 Å². The van der Waals surface area contributed by atoms with Crippen LogP contribution in [-0.2, 0) is 11.3 Å². The first kappa shape index (κ1) is 15.7. The third kappa shape index (κ3) is 4.37. The quantitative estimate of drug-likeness (QED) is 0.753. The maximum Gasteiger partial charge on any atom is 0.256 e. The Kier molecular flexibility index (Phi) is 5.90. The number of pyridine rings is 1. The summed E-state index contributed by atoms with van der Waals surface area (Å²) < 4.78 is 5.67. The summed E-state index contributed by atoms with van der Waals surface area (Å²) in [5.41, 5.74) is 1.64. The number of nitrogens with zero attached hydrogens (tertiary/aromatic N) is 2. The average molecular weight is 349 g/mol. The van der Waals surface area contributed by atoms with Crippen molar-refractivity contribution in [2.45, 2.75) is 6.54 Å². The molecule has 0 fully saturated rings. The molecule has 0 bridgehead atoms. The monoisotopic (exact) mass is 348 g/mol. The molecule has 0 spiro atoms. The summed E-state index contributed by atoms with van der Waals surface area (Å²) in [6.07, 6.45) is 1.65. The molecule has 0 aliphatic rings. The number of methoxy groups -OCH3 is 1. The predicted octanol–water partition coefficient (Wildman–Crippen LogP) is 3.13. The molecular weight excluding hydrogens is 332 g/mol. The van der Waals surface area contributed by atoms with Crippen LogP contribution in [0.4, 0.5) is 0 Å². The lowest BCUT2D eigenvalue weighted by Gasteiger charge is -2.23. The van der Waals surface area contributed by atoms with E-state index in [0.29, 0.717) is 29.9 Å². The average Bonchev–Trinajstić information content (AvgIpc) is 2.52. The Morgan fingerprint density at radius 2 is 2.00 bits per heavy atom. The third-order valence-electron chi connectivity index (χ3n) is 3.06. The third-order valence-corrected chi connectivity index (χ3v) is 3.69. The van der Waals surface area contributed by atoms with E-state index in [1.807, 2.05) is 30.3 Å². The molecule has 21 heavy (non-hydrogen) atoms. The van der Waals surface area contributed by atoms with Crippen LogP contribution in [0.2, 0.25) is 0 Å². The van der Waals surface area contributed by atoms with Crippen molar-refractivity contribution in [3.05, 3.63) is 64.4 Å². The van der Waals surface area contributed by atoms with Crippen LogP contribution in [0, 0.1) is 0 Å². The molecule has 0 unspecified atom stereocenters. The summed E-state index contributed by atoms with van der Waals surface area (Å²) in [6.45, 7) is 1.58. The van der Waals surface area contributed by atoms with Crippen molar-refractivity contribution < 1.29 is 9.53 Å². The first-order valence-corrected chi connectivity index (χ1v) is 7.44. The van der Waals surface area contributed by atoms with E-state index in [-0.39, 0.29) is 5.91 Å². The summed E-state index contributed by atoms with van der Waals surface area (Å²) in [6, 6.07) is 13.4. The summed E-state index contributed by atoms with van der Waals surface area (Å²) in [5.74, 6) is -0.0594. The van der Waals surface area contributed by atoms with Gasteiger partial charge in [0.25, 0.3) is 5.91 Å². The Balaban J connectivity index is 2.19. The van der Waals surface area contributed by atoms with Crippen LogP contribution in [0.25, 0.3) is 0 Å². The number of amides is 1. The summed E-state index contributed by atoms with van der Waals surface area (Å²) in [4.78, 5) is 18.5. The molecule has 5 heteroatoms. The highest BCUT2D eigenvalue weighted by atomic mass is 79.9. The van der Waals surface area contributed by atoms with Crippen molar-refractivity contribution in [3.8, 4) is 0 Å². The van der Waals surface area contributed by atoms with Gasteiger partial charge >= 0.3 is 0 Å². The number of hydrogen-bond donors (Lipinski definition) is 0. The first-order chi connectivity index (χ1) is 10.2. The molecule has 4 nitrogen and oxygen atoms in total. The number of carbonyl (C=O) groups is 1. The summed E-state index contributed by atoms with van der Waals surface area (Å²) in [7, 11) is 1.63. The minimum atomic E-state index is -0.0594. The van der Waals surface area contributed by atoms with E-state index in [1.165, 1.54) is 0 Å². The van der Waals surface area contributed by atoms with Crippen LogP contribution >= 0.6 is 15.9 Å².